The smallest absolute Gasteiger partial charge is 0.354 e. The summed E-state index contributed by atoms with van der Waals surface area (Å²) >= 11 is 0. The van der Waals surface area contributed by atoms with Crippen molar-refractivity contribution < 1.29 is 14.6 Å². The Morgan fingerprint density at radius 3 is 2.84 bits per heavy atom. The number of benzene rings is 1. The fourth-order valence-corrected chi connectivity index (χ4v) is 1.53. The second kappa shape index (κ2) is 5.26. The lowest BCUT2D eigenvalue weighted by molar-refractivity contribution is 0.0690. The van der Waals surface area contributed by atoms with E-state index in [-0.39, 0.29) is 5.69 Å². The molecule has 19 heavy (non-hydrogen) atoms. The van der Waals surface area contributed by atoms with E-state index in [0.29, 0.717) is 22.9 Å². The van der Waals surface area contributed by atoms with Crippen molar-refractivity contribution in [3.63, 3.8) is 0 Å². The molecule has 2 rings (SSSR count). The van der Waals surface area contributed by atoms with Gasteiger partial charge in [-0.25, -0.2) is 9.78 Å². The van der Waals surface area contributed by atoms with Crippen LogP contribution in [0.2, 0.25) is 0 Å². The van der Waals surface area contributed by atoms with Gasteiger partial charge in [0.2, 0.25) is 0 Å². The zero-order valence-electron chi connectivity index (χ0n) is 10.3. The zero-order valence-corrected chi connectivity index (χ0v) is 10.3. The first-order valence-electron chi connectivity index (χ1n) is 5.51. The van der Waals surface area contributed by atoms with Crippen molar-refractivity contribution in [1.82, 2.24) is 4.98 Å². The maximum Gasteiger partial charge on any atom is 0.354 e. The van der Waals surface area contributed by atoms with Crippen molar-refractivity contribution in [1.29, 1.82) is 0 Å². The predicted molar refractivity (Wildman–Crippen MR) is 71.9 cm³/mol. The Balaban J connectivity index is 2.31. The predicted octanol–water partition coefficient (Wildman–Crippen LogP) is 2.11. The number of nitrogens with zero attached hydrogens (tertiary/aromatic N) is 1. The summed E-state index contributed by atoms with van der Waals surface area (Å²) in [7, 11) is 1.57. The highest BCUT2D eigenvalue weighted by Gasteiger charge is 2.09. The van der Waals surface area contributed by atoms with Crippen LogP contribution in [0.4, 0.5) is 17.2 Å². The van der Waals surface area contributed by atoms with Gasteiger partial charge in [-0.1, -0.05) is 6.07 Å². The number of rotatable bonds is 4. The Morgan fingerprint density at radius 1 is 1.37 bits per heavy atom. The molecule has 4 N–H and O–H groups in total. The van der Waals surface area contributed by atoms with Crippen LogP contribution in [-0.4, -0.2) is 23.2 Å². The highest BCUT2D eigenvalue weighted by Crippen LogP contribution is 2.24. The molecule has 0 radical (unpaired) electrons. The van der Waals surface area contributed by atoms with Crippen molar-refractivity contribution >= 4 is 23.2 Å². The summed E-state index contributed by atoms with van der Waals surface area (Å²) in [5.74, 6) is -0.125. The Morgan fingerprint density at radius 2 is 2.16 bits per heavy atom. The lowest BCUT2D eigenvalue weighted by Crippen LogP contribution is -2.05. The highest BCUT2D eigenvalue weighted by molar-refractivity contribution is 5.87. The number of nitrogens with two attached hydrogens (primary N) is 1. The normalized spacial score (nSPS) is 9.95. The van der Waals surface area contributed by atoms with Crippen LogP contribution in [0, 0.1) is 0 Å². The minimum atomic E-state index is -1.10. The van der Waals surface area contributed by atoms with Crippen molar-refractivity contribution in [3.05, 3.63) is 42.1 Å². The van der Waals surface area contributed by atoms with Gasteiger partial charge in [0.1, 0.15) is 5.75 Å². The Bertz CT molecular complexity index is 614. The third kappa shape index (κ3) is 2.92. The monoisotopic (exact) mass is 259 g/mol. The van der Waals surface area contributed by atoms with Gasteiger partial charge in [-0.05, 0) is 24.3 Å². The number of carbonyl (C=O) groups is 1. The van der Waals surface area contributed by atoms with Crippen LogP contribution in [0.3, 0.4) is 0 Å². The molecule has 0 amide bonds. The standard InChI is InChI=1S/C13H13N3O3/c1-19-9-4-2-3-8(7-9)15-12-10(14)5-6-11(16-12)13(17)18/h2-7H,14H2,1H3,(H,15,16)(H,17,18). The molecule has 0 bridgehead atoms. The van der Waals surface area contributed by atoms with Gasteiger partial charge in [-0.15, -0.1) is 0 Å². The number of ether oxygens (including phenoxy) is 1. The Labute approximate surface area is 109 Å². The van der Waals surface area contributed by atoms with E-state index in [1.54, 1.807) is 31.4 Å². The van der Waals surface area contributed by atoms with E-state index in [0.717, 1.165) is 0 Å². The number of carboxylic acid groups (broad SMARTS) is 1. The molecule has 0 unspecified atom stereocenters. The van der Waals surface area contributed by atoms with Gasteiger partial charge in [0.05, 0.1) is 12.8 Å². The molecule has 0 aliphatic carbocycles. The minimum Gasteiger partial charge on any atom is -0.497 e. The number of aromatic carboxylic acids is 1. The summed E-state index contributed by atoms with van der Waals surface area (Å²) < 4.78 is 5.10. The van der Waals surface area contributed by atoms with E-state index >= 15 is 0 Å². The molecule has 0 saturated carbocycles. The molecule has 0 aliphatic heterocycles. The second-order valence-electron chi connectivity index (χ2n) is 3.80. The molecule has 1 heterocycles. The first-order chi connectivity index (χ1) is 9.10. The van der Waals surface area contributed by atoms with Crippen LogP contribution in [0.15, 0.2) is 36.4 Å². The zero-order chi connectivity index (χ0) is 13.8. The van der Waals surface area contributed by atoms with Gasteiger partial charge >= 0.3 is 5.97 Å². The van der Waals surface area contributed by atoms with Gasteiger partial charge in [-0.2, -0.15) is 0 Å². The molecule has 98 valence electrons. The van der Waals surface area contributed by atoms with E-state index < -0.39 is 5.97 Å². The molecule has 0 fully saturated rings. The largest absolute Gasteiger partial charge is 0.497 e. The Kier molecular flexibility index (Phi) is 3.51. The first-order valence-corrected chi connectivity index (χ1v) is 5.51. The maximum atomic E-state index is 10.9. The number of nitrogens with one attached hydrogen (secondary N) is 1. The van der Waals surface area contributed by atoms with E-state index in [4.69, 9.17) is 15.6 Å². The molecular weight excluding hydrogens is 246 g/mol. The van der Waals surface area contributed by atoms with Crippen LogP contribution in [-0.2, 0) is 0 Å². The molecule has 0 saturated heterocycles. The molecule has 0 atom stereocenters. The number of pyridine rings is 1. The summed E-state index contributed by atoms with van der Waals surface area (Å²) in [4.78, 5) is 14.8. The lowest BCUT2D eigenvalue weighted by atomic mass is 10.2. The minimum absolute atomic E-state index is 0.0698. The molecule has 0 aliphatic rings. The summed E-state index contributed by atoms with van der Waals surface area (Å²) in [6, 6.07) is 10.0. The number of methoxy groups -OCH3 is 1. The molecular formula is C13H13N3O3. The van der Waals surface area contributed by atoms with Gasteiger partial charge in [0.15, 0.2) is 11.5 Å². The van der Waals surface area contributed by atoms with E-state index in [9.17, 15) is 4.79 Å². The second-order valence-corrected chi connectivity index (χ2v) is 3.80. The van der Waals surface area contributed by atoms with Crippen molar-refractivity contribution in [3.8, 4) is 5.75 Å². The third-order valence-electron chi connectivity index (χ3n) is 2.48. The average molecular weight is 259 g/mol. The first kappa shape index (κ1) is 12.7. The van der Waals surface area contributed by atoms with Gasteiger partial charge in [0, 0.05) is 11.8 Å². The van der Waals surface area contributed by atoms with Crippen LogP contribution in [0.5, 0.6) is 5.75 Å². The van der Waals surface area contributed by atoms with E-state index in [1.807, 2.05) is 0 Å². The summed E-state index contributed by atoms with van der Waals surface area (Å²) in [5.41, 5.74) is 6.77. The fourth-order valence-electron chi connectivity index (χ4n) is 1.53. The van der Waals surface area contributed by atoms with Crippen molar-refractivity contribution in [2.75, 3.05) is 18.2 Å². The lowest BCUT2D eigenvalue weighted by Gasteiger charge is -2.10. The number of nitrogen functional groups attached to an aromatic ring is 1. The van der Waals surface area contributed by atoms with Crippen LogP contribution in [0.25, 0.3) is 0 Å². The topological polar surface area (TPSA) is 97.5 Å². The molecule has 1 aromatic heterocycles. The van der Waals surface area contributed by atoms with Crippen LogP contribution in [0.1, 0.15) is 10.5 Å². The molecule has 0 spiro atoms. The van der Waals surface area contributed by atoms with Gasteiger partial charge in [0.25, 0.3) is 0 Å². The van der Waals surface area contributed by atoms with Crippen molar-refractivity contribution in [2.24, 2.45) is 0 Å². The summed E-state index contributed by atoms with van der Waals surface area (Å²) in [5, 5.41) is 11.9. The number of aromatic nitrogens is 1. The molecule has 6 heteroatoms. The van der Waals surface area contributed by atoms with Gasteiger partial charge < -0.3 is 20.9 Å². The van der Waals surface area contributed by atoms with Crippen LogP contribution >= 0.6 is 0 Å². The maximum absolute atomic E-state index is 10.9. The van der Waals surface area contributed by atoms with E-state index in [2.05, 4.69) is 10.3 Å². The third-order valence-corrected chi connectivity index (χ3v) is 2.48. The quantitative estimate of drug-likeness (QED) is 0.778. The SMILES string of the molecule is COc1cccc(Nc2nc(C(=O)O)ccc2N)c1. The number of hydrogen-bond acceptors (Lipinski definition) is 5. The number of anilines is 3. The number of hydrogen-bond donors (Lipinski definition) is 3. The van der Waals surface area contributed by atoms with Gasteiger partial charge in [-0.3, -0.25) is 0 Å². The molecule has 2 aromatic rings. The van der Waals surface area contributed by atoms with Crippen molar-refractivity contribution in [2.45, 2.75) is 0 Å². The fraction of sp³-hybridized carbons (Fsp3) is 0.0769. The summed E-state index contributed by atoms with van der Waals surface area (Å²) in [6.45, 7) is 0. The highest BCUT2D eigenvalue weighted by atomic mass is 16.5. The Hall–Kier alpha value is -2.76. The van der Waals surface area contributed by atoms with E-state index in [1.165, 1.54) is 12.1 Å². The summed E-state index contributed by atoms with van der Waals surface area (Å²) in [6.07, 6.45) is 0. The molecule has 6 nitrogen and oxygen atoms in total. The average Bonchev–Trinajstić information content (AvgIpc) is 2.41. The molecule has 1 aromatic carbocycles. The number of carboxylic acids is 1. The van der Waals surface area contributed by atoms with Crippen LogP contribution < -0.4 is 15.8 Å².